The number of aromatic nitrogens is 2. The molecule has 0 aliphatic heterocycles. The second kappa shape index (κ2) is 7.83. The van der Waals surface area contributed by atoms with Crippen LogP contribution >= 0.6 is 23.2 Å². The number of anilines is 3. The summed E-state index contributed by atoms with van der Waals surface area (Å²) in [6.07, 6.45) is 0. The van der Waals surface area contributed by atoms with Crippen molar-refractivity contribution >= 4 is 46.3 Å². The van der Waals surface area contributed by atoms with Gasteiger partial charge in [0, 0.05) is 5.02 Å². The summed E-state index contributed by atoms with van der Waals surface area (Å²) in [5.41, 5.74) is 1.46. The maximum atomic E-state index is 12.3. The monoisotopic (exact) mass is 383 g/mol. The minimum Gasteiger partial charge on any atom is -0.337 e. The van der Waals surface area contributed by atoms with Gasteiger partial charge < -0.3 is 10.6 Å². The molecule has 1 heterocycles. The summed E-state index contributed by atoms with van der Waals surface area (Å²) in [5.74, 6) is -0.0596. The van der Waals surface area contributed by atoms with Gasteiger partial charge in [0.05, 0.1) is 22.0 Å². The van der Waals surface area contributed by atoms with E-state index in [1.54, 1.807) is 48.5 Å². The van der Waals surface area contributed by atoms with Gasteiger partial charge in [-0.15, -0.1) is 10.2 Å². The van der Waals surface area contributed by atoms with Crippen LogP contribution in [0, 0.1) is 11.3 Å². The first-order valence-electron chi connectivity index (χ1n) is 7.43. The molecule has 0 unspecified atom stereocenters. The molecular weight excluding hydrogens is 373 g/mol. The molecule has 1 aromatic heterocycles. The van der Waals surface area contributed by atoms with Gasteiger partial charge in [-0.05, 0) is 42.5 Å². The summed E-state index contributed by atoms with van der Waals surface area (Å²) in [6.45, 7) is 0. The minimum atomic E-state index is -0.465. The fourth-order valence-electron chi connectivity index (χ4n) is 2.13. The smallest absolute Gasteiger partial charge is 0.276 e. The van der Waals surface area contributed by atoms with Crippen molar-refractivity contribution in [2.24, 2.45) is 0 Å². The molecule has 128 valence electrons. The SMILES string of the molecule is N#Cc1ccccc1NC(=O)c1ccc(Nc2cc(Cl)ccc2Cl)nn1. The average molecular weight is 384 g/mol. The zero-order valence-electron chi connectivity index (χ0n) is 13.2. The van der Waals surface area contributed by atoms with Crippen molar-refractivity contribution in [1.82, 2.24) is 10.2 Å². The predicted octanol–water partition coefficient (Wildman–Crippen LogP) is 4.65. The zero-order chi connectivity index (χ0) is 18.5. The Balaban J connectivity index is 1.74. The minimum absolute atomic E-state index is 0.112. The summed E-state index contributed by atoms with van der Waals surface area (Å²) < 4.78 is 0. The Morgan fingerprint density at radius 3 is 2.54 bits per heavy atom. The number of rotatable bonds is 4. The Bertz CT molecular complexity index is 999. The Kier molecular flexibility index (Phi) is 5.32. The van der Waals surface area contributed by atoms with Crippen LogP contribution < -0.4 is 10.6 Å². The van der Waals surface area contributed by atoms with Crippen molar-refractivity contribution in [2.45, 2.75) is 0 Å². The van der Waals surface area contributed by atoms with Crippen molar-refractivity contribution in [3.63, 3.8) is 0 Å². The highest BCUT2D eigenvalue weighted by molar-refractivity contribution is 6.35. The lowest BCUT2D eigenvalue weighted by molar-refractivity contribution is 0.102. The summed E-state index contributed by atoms with van der Waals surface area (Å²) in [7, 11) is 0. The van der Waals surface area contributed by atoms with Crippen molar-refractivity contribution in [3.8, 4) is 6.07 Å². The molecule has 8 heteroatoms. The van der Waals surface area contributed by atoms with Gasteiger partial charge in [0.25, 0.3) is 5.91 Å². The number of nitrogens with one attached hydrogen (secondary N) is 2. The fraction of sp³-hybridized carbons (Fsp3) is 0. The van der Waals surface area contributed by atoms with Gasteiger partial charge >= 0.3 is 0 Å². The molecule has 3 aromatic rings. The summed E-state index contributed by atoms with van der Waals surface area (Å²) in [5, 5.41) is 23.5. The number of hydrogen-bond acceptors (Lipinski definition) is 5. The predicted molar refractivity (Wildman–Crippen MR) is 101 cm³/mol. The van der Waals surface area contributed by atoms with Crippen LogP contribution in [-0.4, -0.2) is 16.1 Å². The maximum absolute atomic E-state index is 12.3. The topological polar surface area (TPSA) is 90.7 Å². The van der Waals surface area contributed by atoms with E-state index in [0.29, 0.717) is 32.8 Å². The third-order valence-corrected chi connectivity index (χ3v) is 3.95. The number of carbonyl (C=O) groups is 1. The standard InChI is InChI=1S/C18H11Cl2N5O/c19-12-5-6-13(20)16(9-12)22-17-8-7-15(24-25-17)18(26)23-14-4-2-1-3-11(14)10-21/h1-9H,(H,22,25)(H,23,26). The van der Waals surface area contributed by atoms with Crippen LogP contribution in [0.4, 0.5) is 17.2 Å². The lowest BCUT2D eigenvalue weighted by Crippen LogP contribution is -2.15. The molecule has 0 radical (unpaired) electrons. The molecule has 2 aromatic carbocycles. The van der Waals surface area contributed by atoms with E-state index in [9.17, 15) is 4.79 Å². The molecule has 2 N–H and O–H groups in total. The molecule has 0 atom stereocenters. The number of para-hydroxylation sites is 1. The van der Waals surface area contributed by atoms with E-state index in [4.69, 9.17) is 28.5 Å². The first-order chi connectivity index (χ1) is 12.6. The molecule has 0 spiro atoms. The number of nitrogens with zero attached hydrogens (tertiary/aromatic N) is 3. The van der Waals surface area contributed by atoms with Crippen LogP contribution in [0.2, 0.25) is 10.0 Å². The van der Waals surface area contributed by atoms with Gasteiger partial charge in [-0.3, -0.25) is 4.79 Å². The van der Waals surface area contributed by atoms with E-state index >= 15 is 0 Å². The van der Waals surface area contributed by atoms with Crippen molar-refractivity contribution in [3.05, 3.63) is 75.9 Å². The molecule has 0 bridgehead atoms. The van der Waals surface area contributed by atoms with Gasteiger partial charge in [0.15, 0.2) is 11.5 Å². The number of amides is 1. The molecular formula is C18H11Cl2N5O. The molecule has 6 nitrogen and oxygen atoms in total. The van der Waals surface area contributed by atoms with E-state index in [1.807, 2.05) is 6.07 Å². The molecule has 0 aliphatic carbocycles. The van der Waals surface area contributed by atoms with Gasteiger partial charge in [0.1, 0.15) is 6.07 Å². The molecule has 0 saturated carbocycles. The van der Waals surface area contributed by atoms with Gasteiger partial charge in [0.2, 0.25) is 0 Å². The maximum Gasteiger partial charge on any atom is 0.276 e. The molecule has 0 aliphatic rings. The van der Waals surface area contributed by atoms with E-state index in [-0.39, 0.29) is 5.69 Å². The Morgan fingerprint density at radius 2 is 1.81 bits per heavy atom. The first-order valence-corrected chi connectivity index (χ1v) is 8.18. The highest BCUT2D eigenvalue weighted by Crippen LogP contribution is 2.27. The van der Waals surface area contributed by atoms with Crippen molar-refractivity contribution in [2.75, 3.05) is 10.6 Å². The van der Waals surface area contributed by atoms with E-state index in [2.05, 4.69) is 20.8 Å². The summed E-state index contributed by atoms with van der Waals surface area (Å²) in [4.78, 5) is 12.3. The number of benzene rings is 2. The summed E-state index contributed by atoms with van der Waals surface area (Å²) in [6, 6.07) is 16.8. The third-order valence-electron chi connectivity index (χ3n) is 3.38. The lowest BCUT2D eigenvalue weighted by Gasteiger charge is -2.09. The van der Waals surface area contributed by atoms with Crippen LogP contribution in [0.3, 0.4) is 0 Å². The van der Waals surface area contributed by atoms with Gasteiger partial charge in [-0.1, -0.05) is 35.3 Å². The van der Waals surface area contributed by atoms with E-state index < -0.39 is 5.91 Å². The van der Waals surface area contributed by atoms with Crippen LogP contribution in [-0.2, 0) is 0 Å². The zero-order valence-corrected chi connectivity index (χ0v) is 14.7. The lowest BCUT2D eigenvalue weighted by atomic mass is 10.2. The highest BCUT2D eigenvalue weighted by Gasteiger charge is 2.11. The third kappa shape index (κ3) is 4.09. The van der Waals surface area contributed by atoms with Crippen LogP contribution in [0.25, 0.3) is 0 Å². The highest BCUT2D eigenvalue weighted by atomic mass is 35.5. The average Bonchev–Trinajstić information content (AvgIpc) is 2.65. The normalized spacial score (nSPS) is 10.0. The van der Waals surface area contributed by atoms with E-state index in [1.165, 1.54) is 6.07 Å². The molecule has 0 saturated heterocycles. The molecule has 26 heavy (non-hydrogen) atoms. The second-order valence-electron chi connectivity index (χ2n) is 5.16. The van der Waals surface area contributed by atoms with Crippen LogP contribution in [0.5, 0.6) is 0 Å². The van der Waals surface area contributed by atoms with Crippen LogP contribution in [0.1, 0.15) is 16.1 Å². The van der Waals surface area contributed by atoms with Crippen molar-refractivity contribution in [1.29, 1.82) is 5.26 Å². The van der Waals surface area contributed by atoms with Gasteiger partial charge in [-0.25, -0.2) is 0 Å². The Labute approximate surface area is 159 Å². The quantitative estimate of drug-likeness (QED) is 0.683. The van der Waals surface area contributed by atoms with Gasteiger partial charge in [-0.2, -0.15) is 5.26 Å². The Morgan fingerprint density at radius 1 is 1.00 bits per heavy atom. The number of carbonyl (C=O) groups excluding carboxylic acids is 1. The van der Waals surface area contributed by atoms with Crippen LogP contribution in [0.15, 0.2) is 54.6 Å². The van der Waals surface area contributed by atoms with E-state index in [0.717, 1.165) is 0 Å². The van der Waals surface area contributed by atoms with Crippen molar-refractivity contribution < 1.29 is 4.79 Å². The molecule has 0 fully saturated rings. The molecule has 3 rings (SSSR count). The second-order valence-corrected chi connectivity index (χ2v) is 6.01. The Hall–Kier alpha value is -3.14. The number of halogens is 2. The summed E-state index contributed by atoms with van der Waals surface area (Å²) >= 11 is 12.0. The largest absolute Gasteiger partial charge is 0.337 e. The fourth-order valence-corrected chi connectivity index (χ4v) is 2.46. The number of hydrogen-bond donors (Lipinski definition) is 2. The molecule has 1 amide bonds. The first kappa shape index (κ1) is 17.7. The number of nitriles is 1.